The Hall–Kier alpha value is -1.33. The average molecular weight is 265 g/mol. The number of hydrogen-bond donors (Lipinski definition) is 2. The summed E-state index contributed by atoms with van der Waals surface area (Å²) in [6, 6.07) is 2.48. The zero-order valence-corrected chi connectivity index (χ0v) is 11.5. The third-order valence-corrected chi connectivity index (χ3v) is 3.95. The molecular formula is C14H23N3O2. The van der Waals surface area contributed by atoms with Gasteiger partial charge in [0, 0.05) is 18.2 Å². The first-order valence-corrected chi connectivity index (χ1v) is 7.07. The lowest BCUT2D eigenvalue weighted by atomic mass is 9.94. The van der Waals surface area contributed by atoms with Crippen LogP contribution in [0.5, 0.6) is 0 Å². The third-order valence-electron chi connectivity index (χ3n) is 3.95. The summed E-state index contributed by atoms with van der Waals surface area (Å²) in [5.74, 6) is 5.13. The van der Waals surface area contributed by atoms with Gasteiger partial charge in [-0.15, -0.1) is 0 Å². The number of nitrogens with zero attached hydrogens (tertiary/aromatic N) is 1. The van der Waals surface area contributed by atoms with Crippen LogP contribution >= 0.6 is 0 Å². The maximum atomic E-state index is 11.6. The van der Waals surface area contributed by atoms with Crippen LogP contribution in [0.15, 0.2) is 16.7 Å². The fourth-order valence-electron chi connectivity index (χ4n) is 2.89. The molecule has 0 aliphatic heterocycles. The summed E-state index contributed by atoms with van der Waals surface area (Å²) in [5.41, 5.74) is 3.04. The lowest BCUT2D eigenvalue weighted by molar-refractivity contribution is 0.0920. The van der Waals surface area contributed by atoms with Gasteiger partial charge >= 0.3 is 5.91 Å². The number of hydrazine groups is 1. The largest absolute Gasteiger partial charge is 0.459 e. The Balaban J connectivity index is 2.05. The summed E-state index contributed by atoms with van der Waals surface area (Å²) in [4.78, 5) is 14.0. The number of nitrogens with two attached hydrogens (primary N) is 1. The molecule has 1 amide bonds. The molecule has 1 aromatic rings. The van der Waals surface area contributed by atoms with Gasteiger partial charge in [0.1, 0.15) is 0 Å². The van der Waals surface area contributed by atoms with Gasteiger partial charge < -0.3 is 4.42 Å². The van der Waals surface area contributed by atoms with Crippen LogP contribution in [0.4, 0.5) is 0 Å². The second-order valence-electron chi connectivity index (χ2n) is 5.10. The fraction of sp³-hybridized carbons (Fsp3) is 0.643. The van der Waals surface area contributed by atoms with Crippen molar-refractivity contribution in [2.24, 2.45) is 5.84 Å². The highest BCUT2D eigenvalue weighted by atomic mass is 16.3. The van der Waals surface area contributed by atoms with Crippen molar-refractivity contribution >= 4 is 5.91 Å². The number of nitrogens with one attached hydrogen (secondary N) is 1. The van der Waals surface area contributed by atoms with E-state index < -0.39 is 0 Å². The number of amides is 1. The van der Waals surface area contributed by atoms with Crippen molar-refractivity contribution in [2.45, 2.75) is 51.6 Å². The van der Waals surface area contributed by atoms with Crippen LogP contribution in [0.3, 0.4) is 0 Å². The number of carbonyl (C=O) groups excluding carboxylic acids is 1. The molecule has 0 bridgehead atoms. The summed E-state index contributed by atoms with van der Waals surface area (Å²) in [6.07, 6.45) is 8.02. The molecule has 0 saturated heterocycles. The molecule has 106 valence electrons. The van der Waals surface area contributed by atoms with Gasteiger partial charge in [-0.25, -0.2) is 5.84 Å². The third kappa shape index (κ3) is 3.36. The van der Waals surface area contributed by atoms with Crippen molar-refractivity contribution in [3.63, 3.8) is 0 Å². The fourth-order valence-corrected chi connectivity index (χ4v) is 2.89. The number of furan rings is 1. The predicted molar refractivity (Wildman–Crippen MR) is 73.3 cm³/mol. The quantitative estimate of drug-likeness (QED) is 0.485. The topological polar surface area (TPSA) is 71.5 Å². The SMILES string of the molecule is CCN(Cc1ccoc1C(=O)NN)C1CCCCC1. The van der Waals surface area contributed by atoms with Gasteiger partial charge in [-0.05, 0) is 25.5 Å². The second kappa shape index (κ2) is 6.73. The molecular weight excluding hydrogens is 242 g/mol. The standard InChI is InChI=1S/C14H23N3O2/c1-2-17(12-6-4-3-5-7-12)10-11-8-9-19-13(11)14(18)16-15/h8-9,12H,2-7,10,15H2,1H3,(H,16,18). The summed E-state index contributed by atoms with van der Waals surface area (Å²) < 4.78 is 5.23. The molecule has 0 spiro atoms. The molecule has 1 aliphatic carbocycles. The van der Waals surface area contributed by atoms with Gasteiger partial charge in [0.25, 0.3) is 0 Å². The maximum Gasteiger partial charge on any atom is 0.301 e. The van der Waals surface area contributed by atoms with Crippen molar-refractivity contribution in [3.05, 3.63) is 23.7 Å². The minimum atomic E-state index is -0.361. The first kappa shape index (κ1) is 14.1. The van der Waals surface area contributed by atoms with Crippen LogP contribution in [0.1, 0.15) is 55.1 Å². The Morgan fingerprint density at radius 1 is 1.47 bits per heavy atom. The minimum Gasteiger partial charge on any atom is -0.459 e. The Kier molecular flexibility index (Phi) is 4.99. The lowest BCUT2D eigenvalue weighted by Gasteiger charge is -2.33. The van der Waals surface area contributed by atoms with E-state index in [1.54, 1.807) is 6.26 Å². The molecule has 0 radical (unpaired) electrons. The zero-order valence-electron chi connectivity index (χ0n) is 11.5. The highest BCUT2D eigenvalue weighted by Gasteiger charge is 2.22. The maximum absolute atomic E-state index is 11.6. The number of nitrogen functional groups attached to an aromatic ring is 1. The van der Waals surface area contributed by atoms with E-state index in [1.165, 1.54) is 32.1 Å². The predicted octanol–water partition coefficient (Wildman–Crippen LogP) is 2.04. The van der Waals surface area contributed by atoms with Crippen molar-refractivity contribution in [1.29, 1.82) is 0 Å². The molecule has 1 aliphatic rings. The summed E-state index contributed by atoms with van der Waals surface area (Å²) in [6.45, 7) is 3.90. The van der Waals surface area contributed by atoms with Crippen LogP contribution < -0.4 is 11.3 Å². The molecule has 0 aromatic carbocycles. The molecule has 5 heteroatoms. The van der Waals surface area contributed by atoms with Crippen molar-refractivity contribution in [2.75, 3.05) is 6.54 Å². The van der Waals surface area contributed by atoms with Gasteiger partial charge in [-0.3, -0.25) is 15.1 Å². The van der Waals surface area contributed by atoms with Gasteiger partial charge in [0.05, 0.1) is 6.26 Å². The van der Waals surface area contributed by atoms with Gasteiger partial charge in [0.15, 0.2) is 5.76 Å². The minimum absolute atomic E-state index is 0.330. The zero-order chi connectivity index (χ0) is 13.7. The van der Waals surface area contributed by atoms with E-state index in [4.69, 9.17) is 10.3 Å². The van der Waals surface area contributed by atoms with E-state index in [-0.39, 0.29) is 5.91 Å². The normalized spacial score (nSPS) is 16.8. The summed E-state index contributed by atoms with van der Waals surface area (Å²) in [5, 5.41) is 0. The lowest BCUT2D eigenvalue weighted by Crippen LogP contribution is -2.37. The van der Waals surface area contributed by atoms with Gasteiger partial charge in [-0.1, -0.05) is 26.2 Å². The number of rotatable bonds is 5. The van der Waals surface area contributed by atoms with Crippen LogP contribution in [-0.2, 0) is 6.54 Å². The van der Waals surface area contributed by atoms with E-state index in [0.717, 1.165) is 18.7 Å². The summed E-state index contributed by atoms with van der Waals surface area (Å²) >= 11 is 0. The van der Waals surface area contributed by atoms with Crippen molar-refractivity contribution in [3.8, 4) is 0 Å². The van der Waals surface area contributed by atoms with E-state index in [1.807, 2.05) is 6.07 Å². The highest BCUT2D eigenvalue weighted by molar-refractivity contribution is 5.92. The Morgan fingerprint density at radius 3 is 2.84 bits per heavy atom. The average Bonchev–Trinajstić information content (AvgIpc) is 2.93. The molecule has 0 atom stereocenters. The molecule has 1 saturated carbocycles. The second-order valence-corrected chi connectivity index (χ2v) is 5.10. The Labute approximate surface area is 114 Å². The molecule has 1 aromatic heterocycles. The van der Waals surface area contributed by atoms with Crippen molar-refractivity contribution < 1.29 is 9.21 Å². The van der Waals surface area contributed by atoms with Crippen LogP contribution in [-0.4, -0.2) is 23.4 Å². The highest BCUT2D eigenvalue weighted by Crippen LogP contribution is 2.24. The van der Waals surface area contributed by atoms with Crippen LogP contribution in [0.25, 0.3) is 0 Å². The van der Waals surface area contributed by atoms with Crippen LogP contribution in [0, 0.1) is 0 Å². The number of hydrogen-bond acceptors (Lipinski definition) is 4. The molecule has 0 unspecified atom stereocenters. The monoisotopic (exact) mass is 265 g/mol. The Bertz CT molecular complexity index is 411. The molecule has 2 rings (SSSR count). The molecule has 1 fully saturated rings. The van der Waals surface area contributed by atoms with Crippen LogP contribution in [0.2, 0.25) is 0 Å². The Morgan fingerprint density at radius 2 is 2.21 bits per heavy atom. The molecule has 3 N–H and O–H groups in total. The molecule has 1 heterocycles. The van der Waals surface area contributed by atoms with Gasteiger partial charge in [0.2, 0.25) is 0 Å². The van der Waals surface area contributed by atoms with E-state index in [9.17, 15) is 4.79 Å². The first-order chi connectivity index (χ1) is 9.26. The van der Waals surface area contributed by atoms with E-state index >= 15 is 0 Å². The first-order valence-electron chi connectivity index (χ1n) is 7.07. The number of carbonyl (C=O) groups is 1. The molecule has 5 nitrogen and oxygen atoms in total. The van der Waals surface area contributed by atoms with Crippen molar-refractivity contribution in [1.82, 2.24) is 10.3 Å². The van der Waals surface area contributed by atoms with Gasteiger partial charge in [-0.2, -0.15) is 0 Å². The summed E-state index contributed by atoms with van der Waals surface area (Å²) in [7, 11) is 0. The molecule has 19 heavy (non-hydrogen) atoms. The van der Waals surface area contributed by atoms with E-state index in [2.05, 4.69) is 17.2 Å². The van der Waals surface area contributed by atoms with E-state index in [0.29, 0.717) is 11.8 Å². The smallest absolute Gasteiger partial charge is 0.301 e.